The first kappa shape index (κ1) is 28.8. The number of phenolic OH excluding ortho intramolecular Hbond substituents is 5. The van der Waals surface area contributed by atoms with Crippen LogP contribution in [0.5, 0.6) is 40.2 Å². The maximum absolute atomic E-state index is 12.8. The highest BCUT2D eigenvalue weighted by atomic mass is 16.7. The smallest absolute Gasteiger partial charge is 0.338 e. The Hall–Kier alpha value is -4.76. The van der Waals surface area contributed by atoms with E-state index in [-0.39, 0.29) is 34.8 Å². The van der Waals surface area contributed by atoms with Crippen LogP contribution in [-0.4, -0.2) is 89.9 Å². The number of phenols is 5. The van der Waals surface area contributed by atoms with Crippen LogP contribution in [0.4, 0.5) is 0 Å². The van der Waals surface area contributed by atoms with E-state index in [9.17, 15) is 50.4 Å². The van der Waals surface area contributed by atoms with Gasteiger partial charge in [-0.15, -0.1) is 0 Å². The second-order valence-electron chi connectivity index (χ2n) is 9.73. The highest BCUT2D eigenvalue weighted by Gasteiger charge is 2.46. The number of aromatic hydroxyl groups is 5. The lowest BCUT2D eigenvalue weighted by atomic mass is 9.95. The van der Waals surface area contributed by atoms with Crippen molar-refractivity contribution in [2.75, 3.05) is 6.61 Å². The van der Waals surface area contributed by atoms with E-state index in [2.05, 4.69) is 0 Å². The molecule has 3 aromatic carbocycles. The number of Topliss-reactive ketones (excluding diaryl/α,β-unsaturated/α-hetero) is 1. The van der Waals surface area contributed by atoms with Gasteiger partial charge in [0.15, 0.2) is 23.0 Å². The first-order valence-electron chi connectivity index (χ1n) is 12.6. The number of ether oxygens (including phenoxy) is 4. The Bertz CT molecular complexity index is 1480. The molecule has 6 atom stereocenters. The monoisotopic (exact) mass is 586 g/mol. The molecule has 14 heteroatoms. The molecule has 1 fully saturated rings. The Morgan fingerprint density at radius 1 is 0.857 bits per heavy atom. The highest BCUT2D eigenvalue weighted by molar-refractivity contribution is 6.02. The van der Waals surface area contributed by atoms with Gasteiger partial charge in [-0.2, -0.15) is 0 Å². The Balaban J connectivity index is 1.31. The number of carbonyl (C=O) groups is 2. The summed E-state index contributed by atoms with van der Waals surface area (Å²) in [5.74, 6) is -4.52. The van der Waals surface area contributed by atoms with Gasteiger partial charge in [0.05, 0.1) is 12.0 Å². The zero-order valence-electron chi connectivity index (χ0n) is 21.5. The van der Waals surface area contributed by atoms with Crippen LogP contribution in [0.15, 0.2) is 48.5 Å². The molecule has 0 aromatic heterocycles. The molecule has 42 heavy (non-hydrogen) atoms. The lowest BCUT2D eigenvalue weighted by molar-refractivity contribution is -0.277. The minimum absolute atomic E-state index is 0.0278. The molecule has 0 amide bonds. The third-order valence-electron chi connectivity index (χ3n) is 6.84. The van der Waals surface area contributed by atoms with E-state index in [0.717, 1.165) is 18.2 Å². The molecular weight excluding hydrogens is 560 g/mol. The van der Waals surface area contributed by atoms with E-state index in [1.807, 2.05) is 0 Å². The topological polar surface area (TPSA) is 233 Å². The third kappa shape index (κ3) is 5.56. The summed E-state index contributed by atoms with van der Waals surface area (Å²) < 4.78 is 22.1. The van der Waals surface area contributed by atoms with E-state index in [1.54, 1.807) is 12.1 Å². The van der Waals surface area contributed by atoms with Gasteiger partial charge in [0.25, 0.3) is 0 Å². The van der Waals surface area contributed by atoms with Gasteiger partial charge in [-0.25, -0.2) is 4.79 Å². The molecule has 8 N–H and O–H groups in total. The number of aliphatic hydroxyl groups is 3. The van der Waals surface area contributed by atoms with Gasteiger partial charge < -0.3 is 59.8 Å². The number of carbonyl (C=O) groups excluding carboxylic acids is 2. The molecule has 0 saturated carbocycles. The fourth-order valence-electron chi connectivity index (χ4n) is 4.61. The number of benzene rings is 3. The minimum Gasteiger partial charge on any atom is -0.508 e. The number of esters is 1. The van der Waals surface area contributed by atoms with Crippen molar-refractivity contribution in [3.8, 4) is 40.2 Å². The van der Waals surface area contributed by atoms with Crippen LogP contribution >= 0.6 is 0 Å². The van der Waals surface area contributed by atoms with Crippen molar-refractivity contribution in [2.45, 2.75) is 43.2 Å². The van der Waals surface area contributed by atoms with Gasteiger partial charge in [-0.1, -0.05) is 12.1 Å². The van der Waals surface area contributed by atoms with Crippen LogP contribution in [0.25, 0.3) is 0 Å². The number of hydrogen-bond donors (Lipinski definition) is 8. The SMILES string of the molecule is O=C(OC[C@@H]1O[C@H](Oc2cc(O)c3c(c2)O[C@H](c2ccc(O)cc2)CC3=O)[C@@H](O)[C@@H](O)[C@H]1O)c1cc(O)c(O)c(O)c1. The first-order valence-corrected chi connectivity index (χ1v) is 12.6. The summed E-state index contributed by atoms with van der Waals surface area (Å²) in [6.45, 7) is -0.673. The number of fused-ring (bicyclic) bond motifs is 1. The van der Waals surface area contributed by atoms with Crippen molar-refractivity contribution < 1.29 is 69.4 Å². The molecule has 5 rings (SSSR count). The van der Waals surface area contributed by atoms with E-state index < -0.39 is 78.2 Å². The van der Waals surface area contributed by atoms with Gasteiger partial charge in [-0.3, -0.25) is 4.79 Å². The second-order valence-corrected chi connectivity index (χ2v) is 9.73. The Labute approximate surface area is 236 Å². The van der Waals surface area contributed by atoms with Gasteiger partial charge >= 0.3 is 5.97 Å². The molecule has 3 aromatic rings. The summed E-state index contributed by atoms with van der Waals surface area (Å²) in [6.07, 6.45) is -9.26. The average Bonchev–Trinajstić information content (AvgIpc) is 2.95. The molecule has 0 aliphatic carbocycles. The summed E-state index contributed by atoms with van der Waals surface area (Å²) in [5, 5.41) is 80.0. The second kappa shape index (κ2) is 11.3. The van der Waals surface area contributed by atoms with Gasteiger partial charge in [0.1, 0.15) is 65.7 Å². The lowest BCUT2D eigenvalue weighted by Crippen LogP contribution is -2.60. The summed E-state index contributed by atoms with van der Waals surface area (Å²) in [5.41, 5.74) is 0.163. The fourth-order valence-corrected chi connectivity index (χ4v) is 4.61. The van der Waals surface area contributed by atoms with E-state index in [4.69, 9.17) is 18.9 Å². The number of aliphatic hydroxyl groups excluding tert-OH is 3. The van der Waals surface area contributed by atoms with E-state index in [1.165, 1.54) is 18.2 Å². The summed E-state index contributed by atoms with van der Waals surface area (Å²) in [6, 6.07) is 10.0. The average molecular weight is 587 g/mol. The molecule has 2 aliphatic rings. The van der Waals surface area contributed by atoms with Crippen LogP contribution in [-0.2, 0) is 9.47 Å². The van der Waals surface area contributed by atoms with Crippen molar-refractivity contribution >= 4 is 11.8 Å². The molecule has 1 saturated heterocycles. The molecule has 0 spiro atoms. The van der Waals surface area contributed by atoms with Crippen molar-refractivity contribution in [3.05, 3.63) is 65.2 Å². The molecule has 0 unspecified atom stereocenters. The normalized spacial score (nSPS) is 25.3. The predicted molar refractivity (Wildman–Crippen MR) is 138 cm³/mol. The summed E-state index contributed by atoms with van der Waals surface area (Å²) >= 11 is 0. The largest absolute Gasteiger partial charge is 0.508 e. The van der Waals surface area contributed by atoms with Gasteiger partial charge in [0, 0.05) is 12.1 Å². The molecule has 222 valence electrons. The Kier molecular flexibility index (Phi) is 7.71. The molecule has 2 heterocycles. The standard InChI is InChI=1S/C28H26O14/c29-13-3-1-11(2-4-13)19-9-16(31)22-15(30)7-14(8-20(22)41-19)40-28-26(37)25(36)24(35)21(42-28)10-39-27(38)12-5-17(32)23(34)18(33)6-12/h1-8,19,21,24-26,28-30,32-37H,9-10H2/t19-,21-,24-,25-,26-,28-/m0/s1. The highest BCUT2D eigenvalue weighted by Crippen LogP contribution is 2.43. The molecular formula is C28H26O14. The fraction of sp³-hybridized carbons (Fsp3) is 0.286. The van der Waals surface area contributed by atoms with Crippen LogP contribution in [0, 0.1) is 0 Å². The zero-order valence-corrected chi connectivity index (χ0v) is 21.5. The van der Waals surface area contributed by atoms with Crippen molar-refractivity contribution in [1.82, 2.24) is 0 Å². The van der Waals surface area contributed by atoms with E-state index in [0.29, 0.717) is 5.56 Å². The molecule has 14 nitrogen and oxygen atoms in total. The van der Waals surface area contributed by atoms with Gasteiger partial charge in [-0.05, 0) is 29.8 Å². The number of rotatable bonds is 6. The Morgan fingerprint density at radius 3 is 2.19 bits per heavy atom. The number of ketones is 1. The maximum atomic E-state index is 12.8. The lowest BCUT2D eigenvalue weighted by Gasteiger charge is -2.40. The number of hydrogen-bond acceptors (Lipinski definition) is 14. The van der Waals surface area contributed by atoms with Gasteiger partial charge in [0.2, 0.25) is 6.29 Å². The van der Waals surface area contributed by atoms with Crippen molar-refractivity contribution in [3.63, 3.8) is 0 Å². The molecule has 0 bridgehead atoms. The van der Waals surface area contributed by atoms with Crippen molar-refractivity contribution in [1.29, 1.82) is 0 Å². The predicted octanol–water partition coefficient (Wildman–Crippen LogP) is 0.964. The molecule has 0 radical (unpaired) electrons. The Morgan fingerprint density at radius 2 is 1.52 bits per heavy atom. The van der Waals surface area contributed by atoms with Crippen molar-refractivity contribution in [2.24, 2.45) is 0 Å². The minimum atomic E-state index is -1.82. The van der Waals surface area contributed by atoms with E-state index >= 15 is 0 Å². The van der Waals surface area contributed by atoms with Crippen LogP contribution in [0.3, 0.4) is 0 Å². The molecule has 2 aliphatic heterocycles. The third-order valence-corrected chi connectivity index (χ3v) is 6.84. The summed E-state index contributed by atoms with van der Waals surface area (Å²) in [7, 11) is 0. The van der Waals surface area contributed by atoms with Crippen LogP contribution in [0.1, 0.15) is 38.8 Å². The first-order chi connectivity index (χ1) is 19.9. The van der Waals surface area contributed by atoms with Crippen LogP contribution < -0.4 is 9.47 Å². The zero-order chi connectivity index (χ0) is 30.3. The van der Waals surface area contributed by atoms with Crippen LogP contribution in [0.2, 0.25) is 0 Å². The quantitative estimate of drug-likeness (QED) is 0.149. The summed E-state index contributed by atoms with van der Waals surface area (Å²) in [4.78, 5) is 25.2. The maximum Gasteiger partial charge on any atom is 0.338 e.